The SMILES string of the molecule is CCCCC(C)OP(=S)(N(CC)CSc1ccc(OC)cc1)N(CC)C(C)=O. The summed E-state index contributed by atoms with van der Waals surface area (Å²) in [6, 6.07) is 7.97. The molecule has 0 spiro atoms. The van der Waals surface area contributed by atoms with Gasteiger partial charge in [0.05, 0.1) is 19.1 Å². The molecule has 8 heteroatoms. The van der Waals surface area contributed by atoms with Gasteiger partial charge >= 0.3 is 0 Å². The Balaban J connectivity index is 3.02. The number of nitrogens with zero attached hydrogens (tertiary/aromatic N) is 2. The summed E-state index contributed by atoms with van der Waals surface area (Å²) in [5.41, 5.74) is 0. The van der Waals surface area contributed by atoms with Gasteiger partial charge in [-0.1, -0.05) is 26.7 Å². The highest BCUT2D eigenvalue weighted by Gasteiger charge is 2.35. The van der Waals surface area contributed by atoms with Crippen LogP contribution >= 0.6 is 18.3 Å². The van der Waals surface area contributed by atoms with Gasteiger partial charge in [0.15, 0.2) is 0 Å². The van der Waals surface area contributed by atoms with E-state index in [0.29, 0.717) is 12.4 Å². The largest absolute Gasteiger partial charge is 0.497 e. The van der Waals surface area contributed by atoms with Gasteiger partial charge in [-0.2, -0.15) is 0 Å². The van der Waals surface area contributed by atoms with Gasteiger partial charge < -0.3 is 9.26 Å². The Morgan fingerprint density at radius 1 is 1.21 bits per heavy atom. The van der Waals surface area contributed by atoms with Gasteiger partial charge in [-0.05, 0) is 56.3 Å². The molecule has 5 nitrogen and oxygen atoms in total. The quantitative estimate of drug-likeness (QED) is 0.218. The van der Waals surface area contributed by atoms with Crippen molar-refractivity contribution in [2.24, 2.45) is 0 Å². The van der Waals surface area contributed by atoms with E-state index in [-0.39, 0.29) is 12.0 Å². The van der Waals surface area contributed by atoms with E-state index in [1.807, 2.05) is 31.2 Å². The summed E-state index contributed by atoms with van der Waals surface area (Å²) in [5, 5.41) is 0. The molecule has 1 aromatic rings. The maximum absolute atomic E-state index is 12.3. The number of carbonyl (C=O) groups is 1. The van der Waals surface area contributed by atoms with Crippen LogP contribution in [0.25, 0.3) is 0 Å². The fourth-order valence-corrected chi connectivity index (χ4v) is 8.46. The molecule has 0 aliphatic carbocycles. The van der Waals surface area contributed by atoms with Crippen molar-refractivity contribution in [3.05, 3.63) is 24.3 Å². The number of carbonyl (C=O) groups excluding carboxylic acids is 1. The Labute approximate surface area is 180 Å². The minimum atomic E-state index is -2.64. The Morgan fingerprint density at radius 2 is 1.86 bits per heavy atom. The first-order chi connectivity index (χ1) is 13.3. The number of benzene rings is 1. The van der Waals surface area contributed by atoms with Gasteiger partial charge in [0.1, 0.15) is 5.75 Å². The topological polar surface area (TPSA) is 42.0 Å². The van der Waals surface area contributed by atoms with Crippen molar-refractivity contribution >= 4 is 36.0 Å². The maximum Gasteiger partial charge on any atom is 0.231 e. The molecule has 0 heterocycles. The van der Waals surface area contributed by atoms with Crippen LogP contribution in [-0.4, -0.2) is 47.4 Å². The number of methoxy groups -OCH3 is 1. The summed E-state index contributed by atoms with van der Waals surface area (Å²) in [7, 11) is 1.66. The summed E-state index contributed by atoms with van der Waals surface area (Å²) in [6.45, 7) is 8.49. The summed E-state index contributed by atoms with van der Waals surface area (Å²) in [6.07, 6.45) is 3.19. The molecule has 0 saturated carbocycles. The van der Waals surface area contributed by atoms with E-state index < -0.39 is 6.57 Å². The second kappa shape index (κ2) is 12.9. The number of rotatable bonds is 13. The van der Waals surface area contributed by atoms with E-state index in [2.05, 4.69) is 25.4 Å². The lowest BCUT2D eigenvalue weighted by Gasteiger charge is -2.41. The van der Waals surface area contributed by atoms with Crippen LogP contribution in [0.5, 0.6) is 5.75 Å². The van der Waals surface area contributed by atoms with Crippen molar-refractivity contribution in [3.8, 4) is 5.75 Å². The fraction of sp³-hybridized carbons (Fsp3) is 0.650. The minimum absolute atomic E-state index is 0.0265. The molecule has 0 saturated heterocycles. The summed E-state index contributed by atoms with van der Waals surface area (Å²) in [4.78, 5) is 13.5. The molecule has 160 valence electrons. The highest BCUT2D eigenvalue weighted by molar-refractivity contribution is 8.10. The molecule has 1 amide bonds. The smallest absolute Gasteiger partial charge is 0.231 e. The summed E-state index contributed by atoms with van der Waals surface area (Å²) in [5.74, 6) is 1.48. The van der Waals surface area contributed by atoms with Crippen LogP contribution in [0.15, 0.2) is 29.2 Å². The highest BCUT2D eigenvalue weighted by atomic mass is 32.5. The van der Waals surface area contributed by atoms with Crippen LogP contribution in [0.1, 0.15) is 53.9 Å². The fourth-order valence-electron chi connectivity index (χ4n) is 2.80. The zero-order chi connectivity index (χ0) is 21.2. The van der Waals surface area contributed by atoms with Gasteiger partial charge in [0.2, 0.25) is 12.5 Å². The molecule has 0 bridgehead atoms. The Bertz CT molecular complexity index is 643. The molecule has 0 radical (unpaired) electrons. The Kier molecular flexibility index (Phi) is 11.7. The van der Waals surface area contributed by atoms with Crippen molar-refractivity contribution in [2.75, 3.05) is 26.1 Å². The van der Waals surface area contributed by atoms with Gasteiger partial charge in [0.25, 0.3) is 0 Å². The molecule has 1 aromatic carbocycles. The molecule has 2 atom stereocenters. The zero-order valence-electron chi connectivity index (χ0n) is 18.0. The maximum atomic E-state index is 12.3. The summed E-state index contributed by atoms with van der Waals surface area (Å²) >= 11 is 7.78. The molecule has 0 aliphatic heterocycles. The van der Waals surface area contributed by atoms with Crippen LogP contribution in [-0.2, 0) is 21.1 Å². The first kappa shape index (κ1) is 25.4. The lowest BCUT2D eigenvalue weighted by molar-refractivity contribution is -0.124. The third kappa shape index (κ3) is 7.34. The first-order valence-corrected chi connectivity index (χ1v) is 13.5. The van der Waals surface area contributed by atoms with Gasteiger partial charge in [-0.15, -0.1) is 11.8 Å². The van der Waals surface area contributed by atoms with Crippen molar-refractivity contribution in [1.82, 2.24) is 9.34 Å². The van der Waals surface area contributed by atoms with Crippen LogP contribution in [0.3, 0.4) is 0 Å². The van der Waals surface area contributed by atoms with E-state index in [4.69, 9.17) is 21.1 Å². The van der Waals surface area contributed by atoms with E-state index in [1.54, 1.807) is 30.5 Å². The summed E-state index contributed by atoms with van der Waals surface area (Å²) < 4.78 is 15.6. The average molecular weight is 447 g/mol. The second-order valence-electron chi connectivity index (χ2n) is 6.56. The second-order valence-corrected chi connectivity index (χ2v) is 11.2. The number of ether oxygens (including phenoxy) is 1. The highest BCUT2D eigenvalue weighted by Crippen LogP contribution is 2.56. The molecule has 0 N–H and O–H groups in total. The third-order valence-electron chi connectivity index (χ3n) is 4.41. The number of thioether (sulfide) groups is 1. The van der Waals surface area contributed by atoms with Crippen LogP contribution < -0.4 is 4.74 Å². The van der Waals surface area contributed by atoms with Crippen molar-refractivity contribution in [2.45, 2.75) is 64.9 Å². The monoisotopic (exact) mass is 446 g/mol. The predicted octanol–water partition coefficient (Wildman–Crippen LogP) is 5.75. The van der Waals surface area contributed by atoms with Gasteiger partial charge in [-0.3, -0.25) is 9.46 Å². The Morgan fingerprint density at radius 3 is 2.32 bits per heavy atom. The van der Waals surface area contributed by atoms with Crippen molar-refractivity contribution < 1.29 is 14.1 Å². The molecule has 0 fully saturated rings. The molecular formula is C20H35N2O3PS2. The van der Waals surface area contributed by atoms with Crippen molar-refractivity contribution in [1.29, 1.82) is 0 Å². The first-order valence-electron chi connectivity index (χ1n) is 9.91. The van der Waals surface area contributed by atoms with Gasteiger partial charge in [0, 0.05) is 24.9 Å². The minimum Gasteiger partial charge on any atom is -0.497 e. The predicted molar refractivity (Wildman–Crippen MR) is 124 cm³/mol. The Hall–Kier alpha value is -0.590. The van der Waals surface area contributed by atoms with E-state index in [0.717, 1.165) is 36.5 Å². The zero-order valence-corrected chi connectivity index (χ0v) is 20.5. The van der Waals surface area contributed by atoms with E-state index in [9.17, 15) is 4.79 Å². The number of hydrogen-bond donors (Lipinski definition) is 0. The number of amides is 1. The third-order valence-corrected chi connectivity index (χ3v) is 10.1. The normalized spacial score (nSPS) is 14.5. The van der Waals surface area contributed by atoms with Crippen LogP contribution in [0.2, 0.25) is 0 Å². The van der Waals surface area contributed by atoms with E-state index >= 15 is 0 Å². The van der Waals surface area contributed by atoms with Crippen molar-refractivity contribution in [3.63, 3.8) is 0 Å². The van der Waals surface area contributed by atoms with Crippen LogP contribution in [0.4, 0.5) is 0 Å². The molecule has 0 aromatic heterocycles. The molecule has 2 unspecified atom stereocenters. The lowest BCUT2D eigenvalue weighted by Crippen LogP contribution is -2.36. The van der Waals surface area contributed by atoms with E-state index in [1.165, 1.54) is 0 Å². The average Bonchev–Trinajstić information content (AvgIpc) is 2.67. The number of unbranched alkanes of at least 4 members (excludes halogenated alkanes) is 1. The molecule has 1 rings (SSSR count). The molecule has 28 heavy (non-hydrogen) atoms. The molecule has 0 aliphatic rings. The van der Waals surface area contributed by atoms with Gasteiger partial charge in [-0.25, -0.2) is 4.67 Å². The molecular weight excluding hydrogens is 411 g/mol. The number of hydrogen-bond acceptors (Lipinski definition) is 5. The lowest BCUT2D eigenvalue weighted by atomic mass is 10.2. The van der Waals surface area contributed by atoms with Crippen LogP contribution in [0, 0.1) is 0 Å². The standard InChI is InChI=1S/C20H35N2O3PS2/c1-7-10-11-17(4)25-26(27,22(9-3)18(5)23)21(8-2)16-28-20-14-12-19(24-6)13-15-20/h12-15,17H,7-11,16H2,1-6H3.